The molecule has 1 unspecified atom stereocenters. The number of benzene rings is 1. The van der Waals surface area contributed by atoms with Crippen molar-refractivity contribution < 1.29 is 28.3 Å². The van der Waals surface area contributed by atoms with Crippen LogP contribution in [-0.2, 0) is 19.1 Å². The molecule has 0 aliphatic carbocycles. The van der Waals surface area contributed by atoms with E-state index in [0.717, 1.165) is 4.90 Å². The zero-order chi connectivity index (χ0) is 21.6. The van der Waals surface area contributed by atoms with Crippen LogP contribution in [-0.4, -0.2) is 46.9 Å². The number of nitrogens with one attached hydrogen (secondary N) is 2. The van der Waals surface area contributed by atoms with E-state index in [0.29, 0.717) is 31.4 Å². The second-order valence-corrected chi connectivity index (χ2v) is 7.03. The number of hydrogen-bond donors (Lipinski definition) is 2. The van der Waals surface area contributed by atoms with Gasteiger partial charge in [0.2, 0.25) is 0 Å². The van der Waals surface area contributed by atoms with Crippen molar-refractivity contribution in [3.8, 4) is 0 Å². The van der Waals surface area contributed by atoms with Crippen LogP contribution in [0.5, 0.6) is 0 Å². The van der Waals surface area contributed by atoms with Crippen molar-refractivity contribution in [3.63, 3.8) is 0 Å². The molecule has 0 saturated carbocycles. The maximum absolute atomic E-state index is 12.9. The fraction of sp³-hybridized carbons (Fsp3) is 0.500. The number of hydrogen-bond acceptors (Lipinski definition) is 5. The number of carbonyl (C=O) groups is 4. The lowest BCUT2D eigenvalue weighted by Crippen LogP contribution is -2.47. The van der Waals surface area contributed by atoms with E-state index in [2.05, 4.69) is 10.6 Å². The molecule has 1 heterocycles. The van der Waals surface area contributed by atoms with Gasteiger partial charge in [0, 0.05) is 5.69 Å². The van der Waals surface area contributed by atoms with E-state index in [9.17, 15) is 23.6 Å². The summed E-state index contributed by atoms with van der Waals surface area (Å²) in [5, 5.41) is 5.20. The lowest BCUT2D eigenvalue weighted by Gasteiger charge is -2.25. The Morgan fingerprint density at radius 1 is 1.17 bits per heavy atom. The zero-order valence-electron chi connectivity index (χ0n) is 16.8. The Kier molecular flexibility index (Phi) is 7.30. The summed E-state index contributed by atoms with van der Waals surface area (Å²) < 4.78 is 18.0. The molecule has 0 aromatic heterocycles. The second kappa shape index (κ2) is 9.49. The first-order valence-corrected chi connectivity index (χ1v) is 9.62. The molecule has 1 fully saturated rings. The van der Waals surface area contributed by atoms with Crippen molar-refractivity contribution in [2.75, 3.05) is 11.9 Å². The van der Waals surface area contributed by atoms with Crippen LogP contribution in [0.15, 0.2) is 24.3 Å². The number of ether oxygens (including phenoxy) is 1. The van der Waals surface area contributed by atoms with Gasteiger partial charge in [-0.15, -0.1) is 0 Å². The van der Waals surface area contributed by atoms with Crippen LogP contribution in [0.1, 0.15) is 46.5 Å². The summed E-state index contributed by atoms with van der Waals surface area (Å²) in [6, 6.07) is 4.47. The molecule has 0 spiro atoms. The lowest BCUT2D eigenvalue weighted by atomic mass is 9.88. The minimum absolute atomic E-state index is 0.345. The smallest absolute Gasteiger partial charge is 0.327 e. The third-order valence-corrected chi connectivity index (χ3v) is 4.68. The third kappa shape index (κ3) is 5.30. The van der Waals surface area contributed by atoms with Crippen molar-refractivity contribution in [3.05, 3.63) is 30.1 Å². The normalized spacial score (nSPS) is 16.3. The van der Waals surface area contributed by atoms with Gasteiger partial charge < -0.3 is 15.4 Å². The summed E-state index contributed by atoms with van der Waals surface area (Å²) in [5.74, 6) is -2.39. The van der Waals surface area contributed by atoms with Crippen LogP contribution in [0, 0.1) is 5.82 Å². The van der Waals surface area contributed by atoms with Gasteiger partial charge in [-0.25, -0.2) is 9.18 Å². The summed E-state index contributed by atoms with van der Waals surface area (Å²) in [6.07, 6.45) is 1.20. The Hall–Kier alpha value is -2.97. The number of carbonyl (C=O) groups excluding carboxylic acids is 4. The third-order valence-electron chi connectivity index (χ3n) is 4.68. The molecule has 158 valence electrons. The minimum atomic E-state index is -1.16. The fourth-order valence-electron chi connectivity index (χ4n) is 3.33. The average molecular weight is 407 g/mol. The highest BCUT2D eigenvalue weighted by Gasteiger charge is 2.50. The van der Waals surface area contributed by atoms with Crippen LogP contribution in [0.25, 0.3) is 0 Å². The van der Waals surface area contributed by atoms with Gasteiger partial charge >= 0.3 is 12.0 Å². The predicted molar refractivity (Wildman–Crippen MR) is 103 cm³/mol. The summed E-state index contributed by atoms with van der Waals surface area (Å²) >= 11 is 0. The minimum Gasteiger partial charge on any atom is -0.451 e. The quantitative estimate of drug-likeness (QED) is 0.484. The maximum Gasteiger partial charge on any atom is 0.327 e. The monoisotopic (exact) mass is 407 g/mol. The number of halogens is 1. The molecule has 0 bridgehead atoms. The Balaban J connectivity index is 1.95. The Morgan fingerprint density at radius 2 is 1.76 bits per heavy atom. The van der Waals surface area contributed by atoms with Gasteiger partial charge in [-0.2, -0.15) is 0 Å². The van der Waals surface area contributed by atoms with Crippen molar-refractivity contribution in [1.29, 1.82) is 0 Å². The topological polar surface area (TPSA) is 105 Å². The zero-order valence-corrected chi connectivity index (χ0v) is 16.8. The highest BCUT2D eigenvalue weighted by Crippen LogP contribution is 2.28. The molecule has 2 rings (SSSR count). The molecular formula is C20H26FN3O5. The van der Waals surface area contributed by atoms with Gasteiger partial charge in [0.05, 0.1) is 0 Å². The van der Waals surface area contributed by atoms with E-state index in [-0.39, 0.29) is 0 Å². The molecule has 1 saturated heterocycles. The fourth-order valence-corrected chi connectivity index (χ4v) is 3.33. The van der Waals surface area contributed by atoms with Crippen molar-refractivity contribution in [1.82, 2.24) is 10.2 Å². The summed E-state index contributed by atoms with van der Waals surface area (Å²) in [5.41, 5.74) is -0.649. The molecule has 1 aromatic rings. The second-order valence-electron chi connectivity index (χ2n) is 7.03. The number of imide groups is 1. The molecule has 9 heteroatoms. The van der Waals surface area contributed by atoms with Gasteiger partial charge in [0.15, 0.2) is 6.10 Å². The first kappa shape index (κ1) is 22.3. The molecule has 0 radical (unpaired) electrons. The summed E-state index contributed by atoms with van der Waals surface area (Å²) in [4.78, 5) is 50.2. The van der Waals surface area contributed by atoms with Crippen molar-refractivity contribution >= 4 is 29.5 Å². The first-order chi connectivity index (χ1) is 13.7. The Bertz CT molecular complexity index is 775. The molecule has 1 aromatic carbocycles. The largest absolute Gasteiger partial charge is 0.451 e. The number of esters is 1. The van der Waals surface area contributed by atoms with Crippen molar-refractivity contribution in [2.45, 2.75) is 58.1 Å². The van der Waals surface area contributed by atoms with Gasteiger partial charge in [0.25, 0.3) is 11.8 Å². The van der Waals surface area contributed by atoms with Gasteiger partial charge in [0.1, 0.15) is 17.9 Å². The molecule has 2 N–H and O–H groups in total. The van der Waals surface area contributed by atoms with Crippen LogP contribution < -0.4 is 10.6 Å². The van der Waals surface area contributed by atoms with E-state index in [1.807, 2.05) is 13.8 Å². The first-order valence-electron chi connectivity index (χ1n) is 9.62. The van der Waals surface area contributed by atoms with E-state index in [1.165, 1.54) is 31.2 Å². The molecule has 1 aliphatic rings. The van der Waals surface area contributed by atoms with Gasteiger partial charge in [-0.1, -0.05) is 26.7 Å². The lowest BCUT2D eigenvalue weighted by molar-refractivity contribution is -0.155. The van der Waals surface area contributed by atoms with Gasteiger partial charge in [-0.05, 0) is 44.0 Å². The number of urea groups is 1. The number of anilines is 1. The van der Waals surface area contributed by atoms with E-state index < -0.39 is 47.8 Å². The van der Waals surface area contributed by atoms with E-state index >= 15 is 0 Å². The average Bonchev–Trinajstić information content (AvgIpc) is 2.88. The standard InChI is InChI=1S/C20H26FN3O5/c1-4-10-20(11-5-2)18(27)24(19(28)23-20)12-16(25)29-13(3)17(26)22-15-8-6-14(21)7-9-15/h6-9,13H,4-5,10-12H2,1-3H3,(H,22,26)(H,23,28). The van der Waals surface area contributed by atoms with Crippen LogP contribution in [0.4, 0.5) is 14.9 Å². The van der Waals surface area contributed by atoms with Crippen LogP contribution in [0.2, 0.25) is 0 Å². The van der Waals surface area contributed by atoms with E-state index in [1.54, 1.807) is 0 Å². The molecule has 29 heavy (non-hydrogen) atoms. The Morgan fingerprint density at radius 3 is 2.31 bits per heavy atom. The van der Waals surface area contributed by atoms with E-state index in [4.69, 9.17) is 4.74 Å². The molecule has 8 nitrogen and oxygen atoms in total. The van der Waals surface area contributed by atoms with Crippen LogP contribution >= 0.6 is 0 Å². The maximum atomic E-state index is 12.9. The predicted octanol–water partition coefficient (Wildman–Crippen LogP) is 2.59. The van der Waals surface area contributed by atoms with Crippen LogP contribution in [0.3, 0.4) is 0 Å². The van der Waals surface area contributed by atoms with Gasteiger partial charge in [-0.3, -0.25) is 19.3 Å². The molecular weight excluding hydrogens is 381 g/mol. The molecule has 4 amide bonds. The number of amides is 4. The number of rotatable bonds is 9. The summed E-state index contributed by atoms with van der Waals surface area (Å²) in [6.45, 7) is 4.61. The highest BCUT2D eigenvalue weighted by atomic mass is 19.1. The Labute approximate surface area is 168 Å². The number of nitrogens with zero attached hydrogens (tertiary/aromatic N) is 1. The van der Waals surface area contributed by atoms with Crippen molar-refractivity contribution in [2.24, 2.45) is 0 Å². The molecule has 1 aliphatic heterocycles. The summed E-state index contributed by atoms with van der Waals surface area (Å²) in [7, 11) is 0. The SMILES string of the molecule is CCCC1(CCC)NC(=O)N(CC(=O)OC(C)C(=O)Nc2ccc(F)cc2)C1=O. The molecule has 1 atom stereocenters. The highest BCUT2D eigenvalue weighted by molar-refractivity contribution is 6.08.